The second-order valence-electron chi connectivity index (χ2n) is 5.93. The fourth-order valence-electron chi connectivity index (χ4n) is 2.61. The minimum Gasteiger partial charge on any atom is -0.376 e. The molecule has 24 heavy (non-hydrogen) atoms. The van der Waals surface area contributed by atoms with E-state index in [1.54, 1.807) is 4.90 Å². The van der Waals surface area contributed by atoms with E-state index in [9.17, 15) is 9.59 Å². The van der Waals surface area contributed by atoms with Gasteiger partial charge in [-0.25, -0.2) is 4.98 Å². The number of rotatable bonds is 9. The summed E-state index contributed by atoms with van der Waals surface area (Å²) in [5.41, 5.74) is 0.293. The van der Waals surface area contributed by atoms with Crippen LogP contribution in [0.4, 0.5) is 0 Å². The van der Waals surface area contributed by atoms with E-state index in [0.717, 1.165) is 32.3 Å². The number of hydrogen-bond acceptors (Lipinski definition) is 5. The molecule has 1 atom stereocenters. The molecule has 7 heteroatoms. The van der Waals surface area contributed by atoms with Gasteiger partial charge in [0.1, 0.15) is 5.69 Å². The molecule has 132 valence electrons. The molecule has 0 spiro atoms. The van der Waals surface area contributed by atoms with Crippen LogP contribution in [-0.4, -0.2) is 59.0 Å². The van der Waals surface area contributed by atoms with Gasteiger partial charge in [-0.15, -0.1) is 0 Å². The second-order valence-corrected chi connectivity index (χ2v) is 5.93. The number of unbranched alkanes of at least 4 members (excludes halogenated alkanes) is 1. The SMILES string of the molecule is CCCCNC(=O)CCN(CC1CCCO1)C(=O)c1cnccn1. The average molecular weight is 334 g/mol. The fourth-order valence-corrected chi connectivity index (χ4v) is 2.61. The Balaban J connectivity index is 1.92. The van der Waals surface area contributed by atoms with Gasteiger partial charge in [-0.2, -0.15) is 0 Å². The second kappa shape index (κ2) is 9.97. The van der Waals surface area contributed by atoms with Crippen molar-refractivity contribution in [2.24, 2.45) is 0 Å². The van der Waals surface area contributed by atoms with Crippen LogP contribution in [0.2, 0.25) is 0 Å². The van der Waals surface area contributed by atoms with E-state index >= 15 is 0 Å². The van der Waals surface area contributed by atoms with Crippen LogP contribution in [0.1, 0.15) is 49.5 Å². The fraction of sp³-hybridized carbons (Fsp3) is 0.647. The van der Waals surface area contributed by atoms with Crippen molar-refractivity contribution < 1.29 is 14.3 Å². The van der Waals surface area contributed by atoms with Crippen LogP contribution in [-0.2, 0) is 9.53 Å². The highest BCUT2D eigenvalue weighted by atomic mass is 16.5. The molecule has 1 N–H and O–H groups in total. The number of ether oxygens (including phenoxy) is 1. The first-order valence-corrected chi connectivity index (χ1v) is 8.64. The van der Waals surface area contributed by atoms with Crippen LogP contribution < -0.4 is 5.32 Å². The van der Waals surface area contributed by atoms with Crippen LogP contribution >= 0.6 is 0 Å². The van der Waals surface area contributed by atoms with Crippen molar-refractivity contribution in [1.29, 1.82) is 0 Å². The molecule has 1 fully saturated rings. The Hall–Kier alpha value is -2.02. The highest BCUT2D eigenvalue weighted by molar-refractivity contribution is 5.92. The zero-order valence-corrected chi connectivity index (χ0v) is 14.2. The maximum atomic E-state index is 12.6. The quantitative estimate of drug-likeness (QED) is 0.690. The summed E-state index contributed by atoms with van der Waals surface area (Å²) in [5.74, 6) is -0.243. The molecule has 1 saturated heterocycles. The Morgan fingerprint density at radius 1 is 1.42 bits per heavy atom. The third kappa shape index (κ3) is 5.88. The van der Waals surface area contributed by atoms with Crippen molar-refractivity contribution in [2.75, 3.05) is 26.2 Å². The number of carbonyl (C=O) groups excluding carboxylic acids is 2. The summed E-state index contributed by atoms with van der Waals surface area (Å²) in [4.78, 5) is 34.2. The zero-order valence-electron chi connectivity index (χ0n) is 14.2. The molecular weight excluding hydrogens is 308 g/mol. The normalized spacial score (nSPS) is 16.8. The van der Waals surface area contributed by atoms with Gasteiger partial charge in [0.2, 0.25) is 5.91 Å². The molecule has 1 aromatic heterocycles. The summed E-state index contributed by atoms with van der Waals surface area (Å²) < 4.78 is 5.63. The molecule has 1 aliphatic rings. The van der Waals surface area contributed by atoms with Crippen LogP contribution in [0.5, 0.6) is 0 Å². The molecule has 1 unspecified atom stereocenters. The van der Waals surface area contributed by atoms with Crippen molar-refractivity contribution >= 4 is 11.8 Å². The number of nitrogens with one attached hydrogen (secondary N) is 1. The standard InChI is InChI=1S/C17H26N4O3/c1-2-3-7-20-16(22)6-10-21(13-14-5-4-11-24-14)17(23)15-12-18-8-9-19-15/h8-9,12,14H,2-7,10-11,13H2,1H3,(H,20,22). The lowest BCUT2D eigenvalue weighted by atomic mass is 10.2. The van der Waals surface area contributed by atoms with Gasteiger partial charge in [0, 0.05) is 45.1 Å². The summed E-state index contributed by atoms with van der Waals surface area (Å²) >= 11 is 0. The van der Waals surface area contributed by atoms with Gasteiger partial charge in [0.15, 0.2) is 0 Å². The zero-order chi connectivity index (χ0) is 17.2. The molecule has 1 aliphatic heterocycles. The third-order valence-electron chi connectivity index (χ3n) is 3.98. The van der Waals surface area contributed by atoms with E-state index in [1.165, 1.54) is 18.6 Å². The monoisotopic (exact) mass is 334 g/mol. The number of amides is 2. The first kappa shape index (κ1) is 18.3. The molecule has 1 aromatic rings. The van der Waals surface area contributed by atoms with Crippen molar-refractivity contribution in [3.8, 4) is 0 Å². The third-order valence-corrected chi connectivity index (χ3v) is 3.98. The molecule has 2 rings (SSSR count). The predicted molar refractivity (Wildman–Crippen MR) is 89.4 cm³/mol. The summed E-state index contributed by atoms with van der Waals surface area (Å²) in [6.45, 7) is 4.33. The van der Waals surface area contributed by atoms with E-state index in [-0.39, 0.29) is 24.3 Å². The molecular formula is C17H26N4O3. The van der Waals surface area contributed by atoms with Gasteiger partial charge in [-0.3, -0.25) is 14.6 Å². The molecule has 7 nitrogen and oxygen atoms in total. The minimum atomic E-state index is -0.208. The summed E-state index contributed by atoms with van der Waals surface area (Å²) in [6, 6.07) is 0. The minimum absolute atomic E-state index is 0.0345. The maximum Gasteiger partial charge on any atom is 0.274 e. The molecule has 0 aliphatic carbocycles. The molecule has 0 bridgehead atoms. The van der Waals surface area contributed by atoms with Crippen LogP contribution in [0, 0.1) is 0 Å². The van der Waals surface area contributed by atoms with Crippen LogP contribution in [0.25, 0.3) is 0 Å². The predicted octanol–water partition coefficient (Wildman–Crippen LogP) is 1.40. The Morgan fingerprint density at radius 3 is 2.96 bits per heavy atom. The lowest BCUT2D eigenvalue weighted by Crippen LogP contribution is -2.40. The Morgan fingerprint density at radius 2 is 2.29 bits per heavy atom. The molecule has 0 saturated carbocycles. The molecule has 2 amide bonds. The van der Waals surface area contributed by atoms with Crippen molar-refractivity contribution in [3.63, 3.8) is 0 Å². The highest BCUT2D eigenvalue weighted by Crippen LogP contribution is 2.14. The van der Waals surface area contributed by atoms with Gasteiger partial charge in [0.25, 0.3) is 5.91 Å². The summed E-state index contributed by atoms with van der Waals surface area (Å²) in [5, 5.41) is 2.88. The highest BCUT2D eigenvalue weighted by Gasteiger charge is 2.24. The number of carbonyl (C=O) groups is 2. The van der Waals surface area contributed by atoms with Gasteiger partial charge in [-0.1, -0.05) is 13.3 Å². The Labute approximate surface area is 142 Å². The van der Waals surface area contributed by atoms with E-state index in [1.807, 2.05) is 0 Å². The summed E-state index contributed by atoms with van der Waals surface area (Å²) in [7, 11) is 0. The Bertz CT molecular complexity index is 518. The first-order valence-electron chi connectivity index (χ1n) is 8.64. The smallest absolute Gasteiger partial charge is 0.274 e. The van der Waals surface area contributed by atoms with Gasteiger partial charge in [0.05, 0.1) is 12.3 Å². The number of aromatic nitrogens is 2. The van der Waals surface area contributed by atoms with Crippen molar-refractivity contribution in [1.82, 2.24) is 20.2 Å². The summed E-state index contributed by atoms with van der Waals surface area (Å²) in [6.07, 6.45) is 8.74. The Kier molecular flexibility index (Phi) is 7.61. The van der Waals surface area contributed by atoms with E-state index in [2.05, 4.69) is 22.2 Å². The molecule has 0 aromatic carbocycles. The number of hydrogen-bond donors (Lipinski definition) is 1. The van der Waals surface area contributed by atoms with Gasteiger partial charge in [-0.05, 0) is 19.3 Å². The van der Waals surface area contributed by atoms with Crippen molar-refractivity contribution in [3.05, 3.63) is 24.3 Å². The largest absolute Gasteiger partial charge is 0.376 e. The van der Waals surface area contributed by atoms with Gasteiger partial charge < -0.3 is 15.0 Å². The topological polar surface area (TPSA) is 84.4 Å². The van der Waals surface area contributed by atoms with E-state index in [0.29, 0.717) is 25.3 Å². The lowest BCUT2D eigenvalue weighted by Gasteiger charge is -2.25. The van der Waals surface area contributed by atoms with E-state index < -0.39 is 0 Å². The average Bonchev–Trinajstić information content (AvgIpc) is 3.12. The number of nitrogens with zero attached hydrogens (tertiary/aromatic N) is 3. The van der Waals surface area contributed by atoms with Crippen LogP contribution in [0.15, 0.2) is 18.6 Å². The van der Waals surface area contributed by atoms with Gasteiger partial charge >= 0.3 is 0 Å². The lowest BCUT2D eigenvalue weighted by molar-refractivity contribution is -0.121. The van der Waals surface area contributed by atoms with E-state index in [4.69, 9.17) is 4.74 Å². The first-order chi connectivity index (χ1) is 11.7. The molecule has 2 heterocycles. The van der Waals surface area contributed by atoms with Crippen molar-refractivity contribution in [2.45, 2.75) is 45.1 Å². The van der Waals surface area contributed by atoms with Crippen LogP contribution in [0.3, 0.4) is 0 Å². The maximum absolute atomic E-state index is 12.6. The molecule has 0 radical (unpaired) electrons.